The number of nitrogens with two attached hydrogens (primary N) is 1. The maximum atomic E-state index is 12.1. The number of benzene rings is 1. The van der Waals surface area contributed by atoms with Crippen LogP contribution in [0.4, 0.5) is 0 Å². The van der Waals surface area contributed by atoms with Gasteiger partial charge in [-0.3, -0.25) is 4.79 Å². The van der Waals surface area contributed by atoms with Crippen LogP contribution in [-0.2, 0) is 10.0 Å². The highest BCUT2D eigenvalue weighted by Crippen LogP contribution is 2.25. The number of rotatable bonds is 5. The normalized spacial score (nSPS) is 12.5. The van der Waals surface area contributed by atoms with Gasteiger partial charge in [-0.15, -0.1) is 0 Å². The van der Waals surface area contributed by atoms with Crippen LogP contribution in [0.25, 0.3) is 0 Å². The summed E-state index contributed by atoms with van der Waals surface area (Å²) in [6.45, 7) is 3.92. The van der Waals surface area contributed by atoms with E-state index < -0.39 is 15.6 Å². The Hall–Kier alpha value is -0.960. The minimum Gasteiger partial charge on any atom is -0.346 e. The number of hydrogen-bond acceptors (Lipinski definition) is 4. The lowest BCUT2D eigenvalue weighted by molar-refractivity contribution is 0.0915. The van der Waals surface area contributed by atoms with E-state index in [9.17, 15) is 13.2 Å². The van der Waals surface area contributed by atoms with Crippen LogP contribution in [0.5, 0.6) is 0 Å². The van der Waals surface area contributed by atoms with Crippen LogP contribution in [0.15, 0.2) is 27.6 Å². The van der Waals surface area contributed by atoms with Gasteiger partial charge in [0.1, 0.15) is 0 Å². The predicted molar refractivity (Wildman–Crippen MR) is 85.6 cm³/mol. The van der Waals surface area contributed by atoms with Crippen LogP contribution in [0.2, 0.25) is 0 Å². The molecule has 0 aliphatic carbocycles. The number of sulfonamides is 1. The van der Waals surface area contributed by atoms with Crippen LogP contribution in [0.1, 0.15) is 24.2 Å². The van der Waals surface area contributed by atoms with E-state index in [4.69, 9.17) is 5.73 Å². The SMILES string of the molecule is CN(C)S(=O)(=O)c1ccc(C(=O)NC(C)(C)CN)cc1Br. The molecule has 6 nitrogen and oxygen atoms in total. The third-order valence-electron chi connectivity index (χ3n) is 2.91. The second-order valence-corrected chi connectivity index (χ2v) is 8.45. The van der Waals surface area contributed by atoms with Crippen LogP contribution in [-0.4, -0.2) is 44.8 Å². The lowest BCUT2D eigenvalue weighted by Crippen LogP contribution is -2.48. The molecule has 21 heavy (non-hydrogen) atoms. The van der Waals surface area contributed by atoms with Crippen molar-refractivity contribution in [2.75, 3.05) is 20.6 Å². The number of carbonyl (C=O) groups is 1. The molecule has 0 aliphatic heterocycles. The van der Waals surface area contributed by atoms with E-state index in [1.165, 1.54) is 32.3 Å². The van der Waals surface area contributed by atoms with Gasteiger partial charge in [-0.1, -0.05) is 0 Å². The largest absolute Gasteiger partial charge is 0.346 e. The van der Waals surface area contributed by atoms with Gasteiger partial charge in [-0.05, 0) is 48.0 Å². The van der Waals surface area contributed by atoms with Gasteiger partial charge in [-0.25, -0.2) is 12.7 Å². The summed E-state index contributed by atoms with van der Waals surface area (Å²) in [5.41, 5.74) is 5.40. The van der Waals surface area contributed by atoms with Crippen LogP contribution in [0.3, 0.4) is 0 Å². The molecule has 1 rings (SSSR count). The molecule has 0 bridgehead atoms. The Morgan fingerprint density at radius 2 is 1.95 bits per heavy atom. The highest BCUT2D eigenvalue weighted by molar-refractivity contribution is 9.10. The summed E-state index contributed by atoms with van der Waals surface area (Å²) in [5, 5.41) is 2.79. The summed E-state index contributed by atoms with van der Waals surface area (Å²) in [6, 6.07) is 4.37. The second kappa shape index (κ2) is 6.43. The Labute approximate surface area is 133 Å². The first-order valence-electron chi connectivity index (χ1n) is 6.26. The topological polar surface area (TPSA) is 92.5 Å². The van der Waals surface area contributed by atoms with Gasteiger partial charge in [-0.2, -0.15) is 0 Å². The van der Waals surface area contributed by atoms with Crippen molar-refractivity contribution in [2.24, 2.45) is 5.73 Å². The number of nitrogens with zero attached hydrogens (tertiary/aromatic N) is 1. The fourth-order valence-corrected chi connectivity index (χ4v) is 3.41. The third kappa shape index (κ3) is 4.26. The first kappa shape index (κ1) is 18.1. The predicted octanol–water partition coefficient (Wildman–Crippen LogP) is 1.17. The Balaban J connectivity index is 3.12. The molecule has 0 aromatic heterocycles. The fraction of sp³-hybridized carbons (Fsp3) is 0.462. The quantitative estimate of drug-likeness (QED) is 0.805. The standard InChI is InChI=1S/C13H20BrN3O3S/c1-13(2,8-15)16-12(18)9-5-6-11(10(14)7-9)21(19,20)17(3)4/h5-7H,8,15H2,1-4H3,(H,16,18). The highest BCUT2D eigenvalue weighted by Gasteiger charge is 2.23. The number of hydrogen-bond donors (Lipinski definition) is 2. The average molecular weight is 378 g/mol. The molecule has 1 aromatic rings. The number of carbonyl (C=O) groups excluding carboxylic acids is 1. The Morgan fingerprint density at radius 1 is 1.38 bits per heavy atom. The average Bonchev–Trinajstić information content (AvgIpc) is 2.37. The van der Waals surface area contributed by atoms with E-state index in [0.717, 1.165) is 4.31 Å². The van der Waals surface area contributed by atoms with Gasteiger partial charge in [0.2, 0.25) is 10.0 Å². The zero-order chi connectivity index (χ0) is 16.4. The van der Waals surface area contributed by atoms with Gasteiger partial charge >= 0.3 is 0 Å². The summed E-state index contributed by atoms with van der Waals surface area (Å²) >= 11 is 3.21. The molecule has 118 valence electrons. The van der Waals surface area contributed by atoms with Crippen molar-refractivity contribution in [1.29, 1.82) is 0 Å². The molecule has 0 aliphatic rings. The zero-order valence-corrected chi connectivity index (χ0v) is 14.9. The van der Waals surface area contributed by atoms with E-state index in [2.05, 4.69) is 21.2 Å². The zero-order valence-electron chi connectivity index (χ0n) is 12.5. The van der Waals surface area contributed by atoms with Crippen molar-refractivity contribution in [2.45, 2.75) is 24.3 Å². The van der Waals surface area contributed by atoms with E-state index in [0.29, 0.717) is 16.6 Å². The molecule has 0 saturated heterocycles. The molecule has 0 spiro atoms. The summed E-state index contributed by atoms with van der Waals surface area (Å²) in [4.78, 5) is 12.2. The van der Waals surface area contributed by atoms with Gasteiger partial charge in [0, 0.05) is 36.2 Å². The van der Waals surface area contributed by atoms with Crippen LogP contribution in [0, 0.1) is 0 Å². The molecular weight excluding hydrogens is 358 g/mol. The van der Waals surface area contributed by atoms with Gasteiger partial charge in [0.15, 0.2) is 0 Å². The molecule has 8 heteroatoms. The third-order valence-corrected chi connectivity index (χ3v) is 5.71. The van der Waals surface area contributed by atoms with Crippen molar-refractivity contribution in [3.63, 3.8) is 0 Å². The first-order valence-corrected chi connectivity index (χ1v) is 8.49. The number of nitrogens with one attached hydrogen (secondary N) is 1. The number of amides is 1. The Bertz CT molecular complexity index is 642. The molecular formula is C13H20BrN3O3S. The molecule has 0 atom stereocenters. The van der Waals surface area contributed by atoms with Gasteiger partial charge < -0.3 is 11.1 Å². The second-order valence-electron chi connectivity index (χ2n) is 5.47. The lowest BCUT2D eigenvalue weighted by Gasteiger charge is -2.24. The molecule has 3 N–H and O–H groups in total. The summed E-state index contributed by atoms with van der Waals surface area (Å²) in [6.07, 6.45) is 0. The van der Waals surface area contributed by atoms with Crippen molar-refractivity contribution in [3.05, 3.63) is 28.2 Å². The van der Waals surface area contributed by atoms with E-state index in [1.807, 2.05) is 13.8 Å². The van der Waals surface area contributed by atoms with E-state index in [1.54, 1.807) is 0 Å². The maximum Gasteiger partial charge on any atom is 0.251 e. The maximum absolute atomic E-state index is 12.1. The molecule has 0 fully saturated rings. The monoisotopic (exact) mass is 377 g/mol. The lowest BCUT2D eigenvalue weighted by atomic mass is 10.1. The van der Waals surface area contributed by atoms with Crippen LogP contribution >= 0.6 is 15.9 Å². The fourth-order valence-electron chi connectivity index (χ4n) is 1.48. The van der Waals surface area contributed by atoms with E-state index >= 15 is 0 Å². The van der Waals surface area contributed by atoms with Crippen molar-refractivity contribution < 1.29 is 13.2 Å². The van der Waals surface area contributed by atoms with Crippen molar-refractivity contribution in [3.8, 4) is 0 Å². The van der Waals surface area contributed by atoms with Gasteiger partial charge in [0.05, 0.1) is 4.90 Å². The van der Waals surface area contributed by atoms with Gasteiger partial charge in [0.25, 0.3) is 5.91 Å². The Morgan fingerprint density at radius 3 is 2.38 bits per heavy atom. The highest BCUT2D eigenvalue weighted by atomic mass is 79.9. The summed E-state index contributed by atoms with van der Waals surface area (Å²) < 4.78 is 25.6. The molecule has 0 unspecified atom stereocenters. The summed E-state index contributed by atoms with van der Waals surface area (Å²) in [7, 11) is -0.654. The van der Waals surface area contributed by atoms with Crippen molar-refractivity contribution >= 4 is 31.9 Å². The number of halogens is 1. The minimum absolute atomic E-state index is 0.113. The smallest absolute Gasteiger partial charge is 0.251 e. The summed E-state index contributed by atoms with van der Waals surface area (Å²) in [5.74, 6) is -0.306. The molecule has 1 amide bonds. The molecule has 0 heterocycles. The molecule has 0 radical (unpaired) electrons. The van der Waals surface area contributed by atoms with Crippen molar-refractivity contribution in [1.82, 2.24) is 9.62 Å². The Kier molecular flexibility index (Phi) is 5.54. The molecule has 0 saturated carbocycles. The first-order chi connectivity index (χ1) is 9.51. The van der Waals surface area contributed by atoms with Crippen LogP contribution < -0.4 is 11.1 Å². The minimum atomic E-state index is -3.56. The molecule has 1 aromatic carbocycles. The van der Waals surface area contributed by atoms with E-state index in [-0.39, 0.29) is 10.8 Å².